The topological polar surface area (TPSA) is 66.2 Å². The summed E-state index contributed by atoms with van der Waals surface area (Å²) in [6, 6.07) is 19.4. The second-order valence-corrected chi connectivity index (χ2v) is 8.18. The number of ketones is 1. The number of ether oxygens (including phenoxy) is 2. The summed E-state index contributed by atoms with van der Waals surface area (Å²) in [5.41, 5.74) is 2.94. The fraction of sp³-hybridized carbons (Fsp3) is 0.160. The second kappa shape index (κ2) is 9.87. The molecule has 0 aliphatic rings. The van der Waals surface area contributed by atoms with E-state index in [-0.39, 0.29) is 17.1 Å². The van der Waals surface area contributed by atoms with Crippen molar-refractivity contribution in [1.29, 1.82) is 0 Å². The van der Waals surface area contributed by atoms with E-state index in [0.29, 0.717) is 22.5 Å². The molecule has 0 bridgehead atoms. The molecule has 0 unspecified atom stereocenters. The molecule has 0 spiro atoms. The number of Topliss-reactive ketones (excluding diaryl/α,β-unsaturated/α-hetero) is 1. The highest BCUT2D eigenvalue weighted by atomic mass is 32.2. The van der Waals surface area contributed by atoms with Crippen molar-refractivity contribution >= 4 is 17.5 Å². The van der Waals surface area contributed by atoms with Gasteiger partial charge in [-0.1, -0.05) is 41.6 Å². The van der Waals surface area contributed by atoms with Gasteiger partial charge in [0.05, 0.1) is 31.1 Å². The first-order valence-electron chi connectivity index (χ1n) is 10.2. The van der Waals surface area contributed by atoms with E-state index >= 15 is 0 Å². The number of aromatic nitrogens is 3. The molecule has 8 heteroatoms. The predicted molar refractivity (Wildman–Crippen MR) is 126 cm³/mol. The van der Waals surface area contributed by atoms with Crippen LogP contribution < -0.4 is 9.47 Å². The normalized spacial score (nSPS) is 10.8. The van der Waals surface area contributed by atoms with E-state index < -0.39 is 5.82 Å². The van der Waals surface area contributed by atoms with E-state index in [4.69, 9.17) is 9.47 Å². The van der Waals surface area contributed by atoms with Gasteiger partial charge in [-0.3, -0.25) is 9.36 Å². The minimum atomic E-state index is -0.495. The molecule has 1 heterocycles. The lowest BCUT2D eigenvalue weighted by atomic mass is 10.1. The number of aryl methyl sites for hydroxylation is 1. The summed E-state index contributed by atoms with van der Waals surface area (Å²) >= 11 is 1.22. The quantitative estimate of drug-likeness (QED) is 0.258. The van der Waals surface area contributed by atoms with Crippen LogP contribution in [-0.2, 0) is 0 Å². The molecule has 4 rings (SSSR count). The summed E-state index contributed by atoms with van der Waals surface area (Å²) in [5.74, 6) is 0.858. The van der Waals surface area contributed by atoms with Crippen LogP contribution in [0.4, 0.5) is 4.39 Å². The summed E-state index contributed by atoms with van der Waals surface area (Å²) < 4.78 is 26.4. The Labute approximate surface area is 195 Å². The average molecular weight is 464 g/mol. The average Bonchev–Trinajstić information content (AvgIpc) is 3.26. The van der Waals surface area contributed by atoms with Gasteiger partial charge in [-0.2, -0.15) is 0 Å². The van der Waals surface area contributed by atoms with Crippen molar-refractivity contribution < 1.29 is 18.7 Å². The van der Waals surface area contributed by atoms with Crippen LogP contribution in [0.2, 0.25) is 0 Å². The van der Waals surface area contributed by atoms with Gasteiger partial charge in [-0.05, 0) is 49.4 Å². The van der Waals surface area contributed by atoms with Crippen molar-refractivity contribution in [1.82, 2.24) is 14.8 Å². The predicted octanol–water partition coefficient (Wildman–Crippen LogP) is 5.37. The van der Waals surface area contributed by atoms with Gasteiger partial charge in [-0.15, -0.1) is 10.2 Å². The fourth-order valence-electron chi connectivity index (χ4n) is 3.40. The van der Waals surface area contributed by atoms with Gasteiger partial charge in [0, 0.05) is 5.69 Å². The molecule has 168 valence electrons. The zero-order valence-corrected chi connectivity index (χ0v) is 19.2. The third kappa shape index (κ3) is 4.75. The Hall–Kier alpha value is -3.65. The van der Waals surface area contributed by atoms with Crippen LogP contribution in [0.1, 0.15) is 15.9 Å². The first-order valence-corrected chi connectivity index (χ1v) is 11.2. The molecule has 6 nitrogen and oxygen atoms in total. The van der Waals surface area contributed by atoms with Gasteiger partial charge in [0.2, 0.25) is 0 Å². The van der Waals surface area contributed by atoms with E-state index in [1.165, 1.54) is 37.1 Å². The zero-order valence-electron chi connectivity index (χ0n) is 18.4. The zero-order chi connectivity index (χ0) is 23.4. The maximum absolute atomic E-state index is 13.7. The molecule has 0 amide bonds. The van der Waals surface area contributed by atoms with Crippen molar-refractivity contribution in [3.8, 4) is 28.6 Å². The van der Waals surface area contributed by atoms with Crippen molar-refractivity contribution in [3.63, 3.8) is 0 Å². The minimum Gasteiger partial charge on any atom is -0.496 e. The molecule has 0 N–H and O–H groups in total. The second-order valence-electron chi connectivity index (χ2n) is 7.23. The van der Waals surface area contributed by atoms with Crippen LogP contribution in [0.15, 0.2) is 71.9 Å². The highest BCUT2D eigenvalue weighted by Gasteiger charge is 2.21. The number of para-hydroxylation sites is 1. The highest BCUT2D eigenvalue weighted by Crippen LogP contribution is 2.33. The minimum absolute atomic E-state index is 0.0374. The molecule has 1 aromatic heterocycles. The molecular weight excluding hydrogens is 441 g/mol. The molecule has 0 atom stereocenters. The third-order valence-corrected chi connectivity index (χ3v) is 6.00. The highest BCUT2D eigenvalue weighted by molar-refractivity contribution is 7.99. The van der Waals surface area contributed by atoms with Gasteiger partial charge in [0.25, 0.3) is 0 Å². The number of benzene rings is 3. The van der Waals surface area contributed by atoms with Gasteiger partial charge >= 0.3 is 0 Å². The number of nitrogens with zero attached hydrogens (tertiary/aromatic N) is 3. The van der Waals surface area contributed by atoms with Gasteiger partial charge < -0.3 is 9.47 Å². The smallest absolute Gasteiger partial charge is 0.196 e. The first kappa shape index (κ1) is 22.5. The van der Waals surface area contributed by atoms with Crippen LogP contribution in [0.5, 0.6) is 11.5 Å². The van der Waals surface area contributed by atoms with E-state index in [0.717, 1.165) is 16.8 Å². The Bertz CT molecular complexity index is 1290. The Morgan fingerprint density at radius 2 is 1.70 bits per heavy atom. The SMILES string of the molecule is COc1ccc(F)cc1C(=O)CSc1nnc(-c2ccccc2OC)n1-c1ccc(C)cc1. The standard InChI is InChI=1S/C25H22FN3O3S/c1-16-8-11-18(12-9-16)29-24(19-6-4-5-7-22(19)31-2)27-28-25(29)33-15-21(30)20-14-17(26)10-13-23(20)32-3/h4-14H,15H2,1-3H3. The molecule has 33 heavy (non-hydrogen) atoms. The molecule has 0 aliphatic carbocycles. The summed E-state index contributed by atoms with van der Waals surface area (Å²) in [5, 5.41) is 9.29. The van der Waals surface area contributed by atoms with E-state index in [1.54, 1.807) is 7.11 Å². The monoisotopic (exact) mass is 463 g/mol. The summed E-state index contributed by atoms with van der Waals surface area (Å²) in [7, 11) is 3.05. The maximum atomic E-state index is 13.7. The number of rotatable bonds is 8. The summed E-state index contributed by atoms with van der Waals surface area (Å²) in [6.45, 7) is 2.01. The van der Waals surface area contributed by atoms with Crippen LogP contribution in [0.3, 0.4) is 0 Å². The molecule has 0 radical (unpaired) electrons. The lowest BCUT2D eigenvalue weighted by Crippen LogP contribution is -2.07. The van der Waals surface area contributed by atoms with E-state index in [9.17, 15) is 9.18 Å². The van der Waals surface area contributed by atoms with Crippen molar-refractivity contribution in [2.45, 2.75) is 12.1 Å². The van der Waals surface area contributed by atoms with Crippen molar-refractivity contribution in [3.05, 3.63) is 83.7 Å². The Kier molecular flexibility index (Phi) is 6.74. The number of halogens is 1. The van der Waals surface area contributed by atoms with Crippen LogP contribution in [-0.4, -0.2) is 40.5 Å². The largest absolute Gasteiger partial charge is 0.496 e. The molecular formula is C25H22FN3O3S. The summed E-state index contributed by atoms with van der Waals surface area (Å²) in [6.07, 6.45) is 0. The molecule has 3 aromatic carbocycles. The third-order valence-electron chi connectivity index (χ3n) is 5.07. The molecule has 0 aliphatic heterocycles. The van der Waals surface area contributed by atoms with Crippen LogP contribution in [0, 0.1) is 12.7 Å². The summed E-state index contributed by atoms with van der Waals surface area (Å²) in [4.78, 5) is 12.9. The molecule has 0 saturated carbocycles. The van der Waals surface area contributed by atoms with Crippen molar-refractivity contribution in [2.75, 3.05) is 20.0 Å². The fourth-order valence-corrected chi connectivity index (χ4v) is 4.24. The van der Waals surface area contributed by atoms with Gasteiger partial charge in [0.1, 0.15) is 17.3 Å². The first-order chi connectivity index (χ1) is 16.0. The van der Waals surface area contributed by atoms with Crippen LogP contribution in [0.25, 0.3) is 17.1 Å². The number of hydrogen-bond acceptors (Lipinski definition) is 6. The number of carbonyl (C=O) groups is 1. The molecule has 0 saturated heterocycles. The number of hydrogen-bond donors (Lipinski definition) is 0. The number of methoxy groups -OCH3 is 2. The Balaban J connectivity index is 1.72. The van der Waals surface area contributed by atoms with Crippen LogP contribution >= 0.6 is 11.8 Å². The lowest BCUT2D eigenvalue weighted by Gasteiger charge is -2.13. The maximum Gasteiger partial charge on any atom is 0.196 e. The van der Waals surface area contributed by atoms with Gasteiger partial charge in [0.15, 0.2) is 16.8 Å². The lowest BCUT2D eigenvalue weighted by molar-refractivity contribution is 0.101. The number of thioether (sulfide) groups is 1. The molecule has 0 fully saturated rings. The van der Waals surface area contributed by atoms with Crippen molar-refractivity contribution in [2.24, 2.45) is 0 Å². The van der Waals surface area contributed by atoms with E-state index in [2.05, 4.69) is 10.2 Å². The Morgan fingerprint density at radius 1 is 0.970 bits per heavy atom. The van der Waals surface area contributed by atoms with E-state index in [1.807, 2.05) is 60.0 Å². The number of carbonyl (C=O) groups excluding carboxylic acids is 1. The van der Waals surface area contributed by atoms with Gasteiger partial charge in [-0.25, -0.2) is 4.39 Å². The Morgan fingerprint density at radius 3 is 2.42 bits per heavy atom. The molecule has 4 aromatic rings.